The number of methoxy groups -OCH3 is 1. The molecule has 0 aromatic heterocycles. The molecule has 0 spiro atoms. The van der Waals surface area contributed by atoms with Gasteiger partial charge in [0.05, 0.1) is 12.1 Å². The van der Waals surface area contributed by atoms with Crippen molar-refractivity contribution in [3.63, 3.8) is 0 Å². The molecule has 5 heteroatoms. The van der Waals surface area contributed by atoms with Crippen LogP contribution >= 0.6 is 11.6 Å². The Hall–Kier alpha value is -1.94. The molecule has 0 aliphatic heterocycles. The van der Waals surface area contributed by atoms with Crippen LogP contribution < -0.4 is 9.47 Å². The van der Waals surface area contributed by atoms with E-state index in [1.807, 2.05) is 6.92 Å². The number of ether oxygens (including phenoxy) is 2. The minimum absolute atomic E-state index is 0.216. The number of rotatable bonds is 6. The second-order valence-corrected chi connectivity index (χ2v) is 4.17. The number of aliphatic carboxylic acids is 1. The third-order valence-corrected chi connectivity index (χ3v) is 2.59. The molecule has 102 valence electrons. The summed E-state index contributed by atoms with van der Waals surface area (Å²) in [5.41, 5.74) is 0.614. The molecule has 0 aliphatic carbocycles. The van der Waals surface area contributed by atoms with E-state index in [4.69, 9.17) is 26.2 Å². The molecule has 19 heavy (non-hydrogen) atoms. The standard InChI is InChI=1S/C14H15ClO4/c1-4-9(2)19-14-11(15)7-10(5-6-13(16)17)8-12(14)18-3/h4-9H,1H2,2-3H3,(H,16,17). The van der Waals surface area contributed by atoms with Crippen LogP contribution in [0.3, 0.4) is 0 Å². The molecule has 1 N–H and O–H groups in total. The van der Waals surface area contributed by atoms with Crippen molar-refractivity contribution in [2.45, 2.75) is 13.0 Å². The Labute approximate surface area is 116 Å². The molecule has 1 atom stereocenters. The van der Waals surface area contributed by atoms with Crippen molar-refractivity contribution in [2.75, 3.05) is 7.11 Å². The lowest BCUT2D eigenvalue weighted by Crippen LogP contribution is -2.08. The van der Waals surface area contributed by atoms with Gasteiger partial charge in [-0.1, -0.05) is 24.3 Å². The summed E-state index contributed by atoms with van der Waals surface area (Å²) >= 11 is 6.11. The fourth-order valence-corrected chi connectivity index (χ4v) is 1.62. The van der Waals surface area contributed by atoms with E-state index in [9.17, 15) is 4.79 Å². The van der Waals surface area contributed by atoms with E-state index in [0.29, 0.717) is 22.1 Å². The van der Waals surface area contributed by atoms with Gasteiger partial charge in [-0.25, -0.2) is 4.79 Å². The Kier molecular flexibility index (Phi) is 5.45. The topological polar surface area (TPSA) is 55.8 Å². The van der Waals surface area contributed by atoms with Gasteiger partial charge in [0.15, 0.2) is 11.5 Å². The van der Waals surface area contributed by atoms with Crippen LogP contribution in [0, 0.1) is 0 Å². The quantitative estimate of drug-likeness (QED) is 0.642. The van der Waals surface area contributed by atoms with Crippen molar-refractivity contribution in [3.8, 4) is 11.5 Å². The van der Waals surface area contributed by atoms with Crippen molar-refractivity contribution in [3.05, 3.63) is 41.4 Å². The van der Waals surface area contributed by atoms with E-state index in [0.717, 1.165) is 6.08 Å². The van der Waals surface area contributed by atoms with Crippen molar-refractivity contribution < 1.29 is 19.4 Å². The molecular weight excluding hydrogens is 268 g/mol. The van der Waals surface area contributed by atoms with Crippen LogP contribution in [-0.4, -0.2) is 24.3 Å². The van der Waals surface area contributed by atoms with Gasteiger partial charge in [-0.3, -0.25) is 0 Å². The summed E-state index contributed by atoms with van der Waals surface area (Å²) in [4.78, 5) is 10.5. The van der Waals surface area contributed by atoms with E-state index < -0.39 is 5.97 Å². The van der Waals surface area contributed by atoms with Crippen molar-refractivity contribution in [2.24, 2.45) is 0 Å². The predicted octanol–water partition coefficient (Wildman–Crippen LogP) is 3.40. The maximum absolute atomic E-state index is 10.5. The summed E-state index contributed by atoms with van der Waals surface area (Å²) in [6, 6.07) is 3.26. The van der Waals surface area contributed by atoms with Crippen molar-refractivity contribution in [1.29, 1.82) is 0 Å². The maximum atomic E-state index is 10.5. The normalized spacial score (nSPS) is 12.2. The first kappa shape index (κ1) is 15.1. The van der Waals surface area contributed by atoms with Crippen LogP contribution in [0.1, 0.15) is 12.5 Å². The minimum atomic E-state index is -1.03. The maximum Gasteiger partial charge on any atom is 0.328 e. The molecule has 0 bridgehead atoms. The van der Waals surface area contributed by atoms with E-state index in [-0.39, 0.29) is 6.10 Å². The zero-order valence-electron chi connectivity index (χ0n) is 10.7. The van der Waals surface area contributed by atoms with Crippen LogP contribution in [0.15, 0.2) is 30.9 Å². The molecule has 0 heterocycles. The third kappa shape index (κ3) is 4.34. The number of halogens is 1. The molecule has 0 fully saturated rings. The smallest absolute Gasteiger partial charge is 0.328 e. The molecule has 4 nitrogen and oxygen atoms in total. The van der Waals surface area contributed by atoms with Gasteiger partial charge in [-0.15, -0.1) is 0 Å². The van der Waals surface area contributed by atoms with Gasteiger partial charge in [-0.05, 0) is 30.7 Å². The van der Waals surface area contributed by atoms with Gasteiger partial charge in [0.25, 0.3) is 0 Å². The predicted molar refractivity (Wildman–Crippen MR) is 75.0 cm³/mol. The monoisotopic (exact) mass is 282 g/mol. The van der Waals surface area contributed by atoms with E-state index >= 15 is 0 Å². The van der Waals surface area contributed by atoms with Gasteiger partial charge >= 0.3 is 5.97 Å². The first-order valence-electron chi connectivity index (χ1n) is 5.55. The SMILES string of the molecule is C=CC(C)Oc1c(Cl)cc(C=CC(=O)O)cc1OC. The zero-order chi connectivity index (χ0) is 14.4. The molecular formula is C14H15ClO4. The molecule has 1 aromatic rings. The van der Waals surface area contributed by atoms with E-state index in [1.54, 1.807) is 18.2 Å². The highest BCUT2D eigenvalue weighted by atomic mass is 35.5. The molecule has 1 unspecified atom stereocenters. The fourth-order valence-electron chi connectivity index (χ4n) is 1.35. The molecule has 0 radical (unpaired) electrons. The van der Waals surface area contributed by atoms with Crippen LogP contribution in [0.25, 0.3) is 6.08 Å². The highest BCUT2D eigenvalue weighted by molar-refractivity contribution is 6.32. The first-order chi connectivity index (χ1) is 8.97. The van der Waals surface area contributed by atoms with Gasteiger partial charge in [0.1, 0.15) is 6.10 Å². The number of carboxylic acids is 1. The van der Waals surface area contributed by atoms with Crippen molar-refractivity contribution >= 4 is 23.6 Å². The molecule has 0 aliphatic rings. The van der Waals surface area contributed by atoms with Gasteiger partial charge < -0.3 is 14.6 Å². The summed E-state index contributed by atoms with van der Waals surface area (Å²) in [5.74, 6) is -0.189. The lowest BCUT2D eigenvalue weighted by molar-refractivity contribution is -0.131. The lowest BCUT2D eigenvalue weighted by atomic mass is 10.2. The fraction of sp³-hybridized carbons (Fsp3) is 0.214. The summed E-state index contributed by atoms with van der Waals surface area (Å²) in [7, 11) is 1.49. The second-order valence-electron chi connectivity index (χ2n) is 3.76. The minimum Gasteiger partial charge on any atom is -0.493 e. The Morgan fingerprint density at radius 3 is 2.74 bits per heavy atom. The first-order valence-corrected chi connectivity index (χ1v) is 5.93. The number of hydrogen-bond donors (Lipinski definition) is 1. The number of carboxylic acid groups (broad SMARTS) is 1. The zero-order valence-corrected chi connectivity index (χ0v) is 11.5. The second kappa shape index (κ2) is 6.85. The third-order valence-electron chi connectivity index (χ3n) is 2.31. The average molecular weight is 283 g/mol. The van der Waals surface area contributed by atoms with Gasteiger partial charge in [-0.2, -0.15) is 0 Å². The van der Waals surface area contributed by atoms with Crippen LogP contribution in [0.4, 0.5) is 0 Å². The Bertz CT molecular complexity index is 508. The molecule has 0 saturated carbocycles. The van der Waals surface area contributed by atoms with E-state index in [1.165, 1.54) is 13.2 Å². The molecule has 1 aromatic carbocycles. The Morgan fingerprint density at radius 2 is 2.21 bits per heavy atom. The van der Waals surface area contributed by atoms with Crippen LogP contribution in [0.2, 0.25) is 5.02 Å². The molecule has 0 amide bonds. The van der Waals surface area contributed by atoms with Gasteiger partial charge in [0.2, 0.25) is 0 Å². The highest BCUT2D eigenvalue weighted by Crippen LogP contribution is 2.37. The highest BCUT2D eigenvalue weighted by Gasteiger charge is 2.13. The van der Waals surface area contributed by atoms with Gasteiger partial charge in [0, 0.05) is 6.08 Å². The van der Waals surface area contributed by atoms with Crippen molar-refractivity contribution in [1.82, 2.24) is 0 Å². The average Bonchev–Trinajstić information content (AvgIpc) is 2.38. The van der Waals surface area contributed by atoms with E-state index in [2.05, 4.69) is 6.58 Å². The number of hydrogen-bond acceptors (Lipinski definition) is 3. The molecule has 0 saturated heterocycles. The largest absolute Gasteiger partial charge is 0.493 e. The van der Waals surface area contributed by atoms with Crippen LogP contribution in [-0.2, 0) is 4.79 Å². The summed E-state index contributed by atoms with van der Waals surface area (Å²) in [6.45, 7) is 5.44. The Morgan fingerprint density at radius 1 is 1.53 bits per heavy atom. The Balaban J connectivity index is 3.14. The summed E-state index contributed by atoms with van der Waals surface area (Å²) in [6.07, 6.45) is 3.87. The number of benzene rings is 1. The van der Waals surface area contributed by atoms with Crippen LogP contribution in [0.5, 0.6) is 11.5 Å². The number of carbonyl (C=O) groups is 1. The summed E-state index contributed by atoms with van der Waals surface area (Å²) < 4.78 is 10.8. The molecule has 1 rings (SSSR count). The lowest BCUT2D eigenvalue weighted by Gasteiger charge is -2.16. The summed E-state index contributed by atoms with van der Waals surface area (Å²) in [5, 5.41) is 8.93.